The quantitative estimate of drug-likeness (QED) is 0.473. The number of nitrogens with zero attached hydrogens (tertiary/aromatic N) is 4. The van der Waals surface area contributed by atoms with E-state index in [1.165, 1.54) is 0 Å². The second kappa shape index (κ2) is 8.43. The first-order valence-corrected chi connectivity index (χ1v) is 8.43. The Bertz CT molecular complexity index is 715. The van der Waals surface area contributed by atoms with Crippen molar-refractivity contribution in [3.8, 4) is 5.69 Å². The van der Waals surface area contributed by atoms with Crippen molar-refractivity contribution < 1.29 is 14.7 Å². The molecule has 0 amide bonds. The van der Waals surface area contributed by atoms with Crippen molar-refractivity contribution in [1.82, 2.24) is 14.7 Å². The number of aliphatic carboxylic acids is 1. The highest BCUT2D eigenvalue weighted by Gasteiger charge is 2.24. The molecule has 0 saturated carbocycles. The normalized spacial score (nSPS) is 18.5. The monoisotopic (exact) mass is 342 g/mol. The van der Waals surface area contributed by atoms with E-state index in [-0.39, 0.29) is 5.92 Å². The first kappa shape index (κ1) is 17.2. The van der Waals surface area contributed by atoms with Gasteiger partial charge >= 0.3 is 5.97 Å². The molecule has 2 heterocycles. The van der Waals surface area contributed by atoms with Crippen LogP contribution in [0.25, 0.3) is 5.69 Å². The van der Waals surface area contributed by atoms with Gasteiger partial charge in [0.2, 0.25) is 0 Å². The van der Waals surface area contributed by atoms with Crippen molar-refractivity contribution >= 4 is 12.2 Å². The molecule has 1 saturated heterocycles. The van der Waals surface area contributed by atoms with Crippen LogP contribution in [-0.2, 0) is 9.63 Å². The Morgan fingerprint density at radius 2 is 2.28 bits per heavy atom. The molecule has 1 atom stereocenters. The predicted molar refractivity (Wildman–Crippen MR) is 93.9 cm³/mol. The summed E-state index contributed by atoms with van der Waals surface area (Å²) in [6, 6.07) is 9.67. The van der Waals surface area contributed by atoms with Gasteiger partial charge in [0.1, 0.15) is 6.61 Å². The molecule has 1 aromatic heterocycles. The van der Waals surface area contributed by atoms with Crippen molar-refractivity contribution in [2.75, 3.05) is 26.2 Å². The lowest BCUT2D eigenvalue weighted by Gasteiger charge is -2.29. The maximum atomic E-state index is 11.1. The fourth-order valence-corrected chi connectivity index (χ4v) is 2.99. The fraction of sp³-hybridized carbons (Fsp3) is 0.389. The van der Waals surface area contributed by atoms with Crippen molar-refractivity contribution in [3.63, 3.8) is 0 Å². The molecule has 1 aliphatic rings. The Morgan fingerprint density at radius 3 is 3.08 bits per heavy atom. The first-order chi connectivity index (χ1) is 12.2. The second-order valence-corrected chi connectivity index (χ2v) is 6.06. The molecular weight excluding hydrogens is 320 g/mol. The highest BCUT2D eigenvalue weighted by atomic mass is 16.6. The average molecular weight is 342 g/mol. The molecule has 1 aromatic carbocycles. The number of rotatable bonds is 7. The van der Waals surface area contributed by atoms with Gasteiger partial charge in [-0.2, -0.15) is 5.10 Å². The summed E-state index contributed by atoms with van der Waals surface area (Å²) in [5.74, 6) is -0.975. The van der Waals surface area contributed by atoms with Gasteiger partial charge in [-0.05, 0) is 31.5 Å². The summed E-state index contributed by atoms with van der Waals surface area (Å²) in [5, 5.41) is 17.4. The van der Waals surface area contributed by atoms with E-state index in [2.05, 4.69) is 15.2 Å². The third-order valence-corrected chi connectivity index (χ3v) is 4.31. The lowest BCUT2D eigenvalue weighted by molar-refractivity contribution is -0.143. The zero-order valence-corrected chi connectivity index (χ0v) is 14.0. The second-order valence-electron chi connectivity index (χ2n) is 6.06. The molecule has 7 nitrogen and oxygen atoms in total. The smallest absolute Gasteiger partial charge is 0.307 e. The minimum absolute atomic E-state index is 0.266. The number of piperidine rings is 1. The molecule has 1 aliphatic heterocycles. The number of hydrogen-bond donors (Lipinski definition) is 1. The number of benzene rings is 1. The summed E-state index contributed by atoms with van der Waals surface area (Å²) < 4.78 is 1.78. The van der Waals surface area contributed by atoms with Gasteiger partial charge in [-0.3, -0.25) is 9.69 Å². The van der Waals surface area contributed by atoms with E-state index >= 15 is 0 Å². The Morgan fingerprint density at radius 1 is 1.40 bits per heavy atom. The fourth-order valence-electron chi connectivity index (χ4n) is 2.99. The van der Waals surface area contributed by atoms with Gasteiger partial charge in [-0.25, -0.2) is 4.68 Å². The van der Waals surface area contributed by atoms with Crippen LogP contribution >= 0.6 is 0 Å². The van der Waals surface area contributed by atoms with Crippen molar-refractivity contribution in [2.45, 2.75) is 12.8 Å². The maximum Gasteiger partial charge on any atom is 0.307 e. The summed E-state index contributed by atoms with van der Waals surface area (Å²) in [6.07, 6.45) is 6.95. The minimum Gasteiger partial charge on any atom is -0.481 e. The number of likely N-dealkylation sites (tertiary alicyclic amines) is 1. The summed E-state index contributed by atoms with van der Waals surface area (Å²) in [7, 11) is 0. The molecule has 2 aromatic rings. The number of carboxylic acid groups (broad SMARTS) is 1. The van der Waals surface area contributed by atoms with Gasteiger partial charge in [0, 0.05) is 31.0 Å². The molecule has 0 aliphatic carbocycles. The summed E-state index contributed by atoms with van der Waals surface area (Å²) in [6.45, 7) is 2.62. The molecule has 0 radical (unpaired) electrons. The number of carbonyl (C=O) groups is 1. The number of carboxylic acids is 1. The van der Waals surface area contributed by atoms with Gasteiger partial charge in [0.05, 0.1) is 17.8 Å². The van der Waals surface area contributed by atoms with Crippen LogP contribution < -0.4 is 0 Å². The van der Waals surface area contributed by atoms with Crippen LogP contribution in [0.15, 0.2) is 47.9 Å². The van der Waals surface area contributed by atoms with E-state index < -0.39 is 5.97 Å². The Hall–Kier alpha value is -2.67. The van der Waals surface area contributed by atoms with E-state index in [0.717, 1.165) is 30.6 Å². The third-order valence-electron chi connectivity index (χ3n) is 4.31. The zero-order chi connectivity index (χ0) is 17.5. The highest BCUT2D eigenvalue weighted by molar-refractivity contribution is 5.84. The van der Waals surface area contributed by atoms with E-state index in [9.17, 15) is 4.79 Å². The van der Waals surface area contributed by atoms with Gasteiger partial charge in [0.25, 0.3) is 0 Å². The minimum atomic E-state index is -0.709. The molecule has 0 bridgehead atoms. The van der Waals surface area contributed by atoms with Crippen LogP contribution in [0.5, 0.6) is 0 Å². The van der Waals surface area contributed by atoms with Crippen LogP contribution in [0.2, 0.25) is 0 Å². The molecule has 3 rings (SSSR count). The molecule has 25 heavy (non-hydrogen) atoms. The third kappa shape index (κ3) is 4.67. The van der Waals surface area contributed by atoms with Crippen molar-refractivity contribution in [1.29, 1.82) is 0 Å². The van der Waals surface area contributed by atoms with Crippen LogP contribution in [0.1, 0.15) is 18.4 Å². The standard InChI is InChI=1S/C18H22N4O3/c23-18(24)16-6-3-9-21(14-16)11-12-25-20-13-15-5-1-2-7-17(15)22-10-4-8-19-22/h1-2,4-5,7-8,10,13,16H,3,6,9,11-12,14H2,(H,23,24)/b20-13+. The van der Waals surface area contributed by atoms with Crippen LogP contribution in [0, 0.1) is 5.92 Å². The van der Waals surface area contributed by atoms with Gasteiger partial charge < -0.3 is 9.94 Å². The molecule has 7 heteroatoms. The van der Waals surface area contributed by atoms with E-state index in [1.54, 1.807) is 17.1 Å². The molecule has 0 spiro atoms. The lowest BCUT2D eigenvalue weighted by Crippen LogP contribution is -2.40. The van der Waals surface area contributed by atoms with Gasteiger partial charge in [-0.15, -0.1) is 0 Å². The van der Waals surface area contributed by atoms with Crippen LogP contribution in [0.4, 0.5) is 0 Å². The maximum absolute atomic E-state index is 11.1. The topological polar surface area (TPSA) is 80.0 Å². The summed E-state index contributed by atoms with van der Waals surface area (Å²) in [5.41, 5.74) is 1.84. The van der Waals surface area contributed by atoms with Crippen molar-refractivity contribution in [3.05, 3.63) is 48.3 Å². The van der Waals surface area contributed by atoms with Crippen molar-refractivity contribution in [2.24, 2.45) is 11.1 Å². The molecule has 1 fully saturated rings. The SMILES string of the molecule is O=C(O)C1CCCN(CCO/N=C/c2ccccc2-n2cccn2)C1. The zero-order valence-electron chi connectivity index (χ0n) is 14.0. The van der Waals surface area contributed by atoms with Crippen LogP contribution in [-0.4, -0.2) is 58.2 Å². The van der Waals surface area contributed by atoms with E-state index in [4.69, 9.17) is 9.94 Å². The molecule has 1 N–H and O–H groups in total. The number of aromatic nitrogens is 2. The molecule has 1 unspecified atom stereocenters. The summed E-state index contributed by atoms with van der Waals surface area (Å²) >= 11 is 0. The Kier molecular flexibility index (Phi) is 5.79. The van der Waals surface area contributed by atoms with Crippen LogP contribution in [0.3, 0.4) is 0 Å². The van der Waals surface area contributed by atoms with Gasteiger partial charge in [0.15, 0.2) is 0 Å². The Labute approximate surface area is 146 Å². The first-order valence-electron chi connectivity index (χ1n) is 8.43. The number of para-hydroxylation sites is 1. The average Bonchev–Trinajstić information content (AvgIpc) is 3.16. The lowest BCUT2D eigenvalue weighted by atomic mass is 9.98. The Balaban J connectivity index is 1.49. The number of hydrogen-bond acceptors (Lipinski definition) is 5. The van der Waals surface area contributed by atoms with Gasteiger partial charge in [-0.1, -0.05) is 23.4 Å². The number of oxime groups is 1. The molecule has 132 valence electrons. The molecular formula is C18H22N4O3. The predicted octanol–water partition coefficient (Wildman–Crippen LogP) is 2.02. The summed E-state index contributed by atoms with van der Waals surface area (Å²) in [4.78, 5) is 18.6. The highest BCUT2D eigenvalue weighted by Crippen LogP contribution is 2.16. The largest absolute Gasteiger partial charge is 0.481 e. The van der Waals surface area contributed by atoms with E-state index in [0.29, 0.717) is 19.7 Å². The van der Waals surface area contributed by atoms with E-state index in [1.807, 2.05) is 36.5 Å².